The second-order valence-corrected chi connectivity index (χ2v) is 4.43. The number of fused-ring (bicyclic) bond motifs is 1. The summed E-state index contributed by atoms with van der Waals surface area (Å²) in [7, 11) is 1.26. The quantitative estimate of drug-likeness (QED) is 0.791. The summed E-state index contributed by atoms with van der Waals surface area (Å²) < 4.78 is 4.45. The number of hydrogen-bond donors (Lipinski definition) is 3. The third kappa shape index (κ3) is 3.09. The maximum Gasteiger partial charge on any atom is 0.407 e. The highest BCUT2D eigenvalue weighted by Crippen LogP contribution is 2.16. The predicted molar refractivity (Wildman–Crippen MR) is 75.1 cm³/mol. The molecule has 0 fully saturated rings. The van der Waals surface area contributed by atoms with Gasteiger partial charge in [0.15, 0.2) is 0 Å². The Labute approximate surface area is 116 Å². The van der Waals surface area contributed by atoms with Gasteiger partial charge in [0.2, 0.25) is 5.91 Å². The number of carbonyl (C=O) groups is 2. The Morgan fingerprint density at radius 1 is 1.35 bits per heavy atom. The normalized spacial score (nSPS) is 11.9. The van der Waals surface area contributed by atoms with E-state index >= 15 is 0 Å². The predicted octanol–water partition coefficient (Wildman–Crippen LogP) is 1.53. The van der Waals surface area contributed by atoms with Crippen molar-refractivity contribution in [1.82, 2.24) is 15.6 Å². The first-order chi connectivity index (χ1) is 9.61. The van der Waals surface area contributed by atoms with E-state index in [1.807, 2.05) is 30.5 Å². The largest absolute Gasteiger partial charge is 0.453 e. The van der Waals surface area contributed by atoms with E-state index in [2.05, 4.69) is 20.4 Å². The SMILES string of the molecule is COC(=O)NC(C)C(=O)NCc1cccc2[nH]ccc12. The zero-order valence-corrected chi connectivity index (χ0v) is 11.4. The van der Waals surface area contributed by atoms with Gasteiger partial charge in [-0.1, -0.05) is 12.1 Å². The number of rotatable bonds is 4. The van der Waals surface area contributed by atoms with E-state index in [0.29, 0.717) is 6.54 Å². The Morgan fingerprint density at radius 2 is 2.15 bits per heavy atom. The van der Waals surface area contributed by atoms with Crippen LogP contribution in [0.3, 0.4) is 0 Å². The van der Waals surface area contributed by atoms with Gasteiger partial charge in [0.05, 0.1) is 7.11 Å². The number of methoxy groups -OCH3 is 1. The summed E-state index contributed by atoms with van der Waals surface area (Å²) in [6.07, 6.45) is 1.23. The van der Waals surface area contributed by atoms with Crippen molar-refractivity contribution in [3.63, 3.8) is 0 Å². The first-order valence-electron chi connectivity index (χ1n) is 6.29. The molecule has 1 heterocycles. The molecule has 0 saturated carbocycles. The number of carbonyl (C=O) groups excluding carboxylic acids is 2. The fraction of sp³-hybridized carbons (Fsp3) is 0.286. The molecule has 106 valence electrons. The molecule has 0 bridgehead atoms. The topological polar surface area (TPSA) is 83.2 Å². The standard InChI is InChI=1S/C14H17N3O3/c1-9(17-14(19)20-2)13(18)16-8-10-4-3-5-12-11(10)6-7-15-12/h3-7,9,15H,8H2,1-2H3,(H,16,18)(H,17,19). The zero-order chi connectivity index (χ0) is 14.5. The number of H-pyrrole nitrogens is 1. The van der Waals surface area contributed by atoms with Gasteiger partial charge in [0, 0.05) is 23.6 Å². The Morgan fingerprint density at radius 3 is 2.90 bits per heavy atom. The zero-order valence-electron chi connectivity index (χ0n) is 11.4. The summed E-state index contributed by atoms with van der Waals surface area (Å²) in [6, 6.07) is 7.17. The fourth-order valence-corrected chi connectivity index (χ4v) is 1.94. The average molecular weight is 275 g/mol. The van der Waals surface area contributed by atoms with Gasteiger partial charge < -0.3 is 20.4 Å². The van der Waals surface area contributed by atoms with E-state index in [-0.39, 0.29) is 5.91 Å². The molecule has 1 aromatic carbocycles. The molecule has 0 aliphatic rings. The van der Waals surface area contributed by atoms with E-state index in [9.17, 15) is 9.59 Å². The highest BCUT2D eigenvalue weighted by molar-refractivity contribution is 5.86. The van der Waals surface area contributed by atoms with Crippen LogP contribution in [0.2, 0.25) is 0 Å². The number of alkyl carbamates (subject to hydrolysis) is 1. The number of nitrogens with one attached hydrogen (secondary N) is 3. The first kappa shape index (κ1) is 13.9. The van der Waals surface area contributed by atoms with Crippen LogP contribution in [-0.4, -0.2) is 30.1 Å². The van der Waals surface area contributed by atoms with Crippen molar-refractivity contribution in [2.24, 2.45) is 0 Å². The highest BCUT2D eigenvalue weighted by atomic mass is 16.5. The molecule has 1 atom stereocenters. The molecule has 2 aromatic rings. The van der Waals surface area contributed by atoms with Gasteiger partial charge in [-0.2, -0.15) is 0 Å². The molecule has 2 amide bonds. The second kappa shape index (κ2) is 6.10. The lowest BCUT2D eigenvalue weighted by Gasteiger charge is -2.13. The van der Waals surface area contributed by atoms with E-state index in [1.54, 1.807) is 6.92 Å². The van der Waals surface area contributed by atoms with Gasteiger partial charge in [0.25, 0.3) is 0 Å². The number of aromatic amines is 1. The van der Waals surface area contributed by atoms with E-state index in [0.717, 1.165) is 16.5 Å². The van der Waals surface area contributed by atoms with Gasteiger partial charge in [-0.15, -0.1) is 0 Å². The molecule has 0 aliphatic carbocycles. The summed E-state index contributed by atoms with van der Waals surface area (Å²) in [5, 5.41) is 6.28. The van der Waals surface area contributed by atoms with Gasteiger partial charge in [0.1, 0.15) is 6.04 Å². The molecule has 1 unspecified atom stereocenters. The second-order valence-electron chi connectivity index (χ2n) is 4.43. The Bertz CT molecular complexity index is 621. The van der Waals surface area contributed by atoms with Crippen LogP contribution in [0.15, 0.2) is 30.5 Å². The minimum absolute atomic E-state index is 0.261. The molecule has 3 N–H and O–H groups in total. The minimum Gasteiger partial charge on any atom is -0.453 e. The monoisotopic (exact) mass is 275 g/mol. The van der Waals surface area contributed by atoms with Crippen LogP contribution in [0.5, 0.6) is 0 Å². The Balaban J connectivity index is 1.96. The van der Waals surface area contributed by atoms with Crippen molar-refractivity contribution in [3.05, 3.63) is 36.0 Å². The Kier molecular flexibility index (Phi) is 4.24. The van der Waals surface area contributed by atoms with Crippen LogP contribution in [0.4, 0.5) is 4.79 Å². The molecule has 0 saturated heterocycles. The number of benzene rings is 1. The van der Waals surface area contributed by atoms with Crippen molar-refractivity contribution in [1.29, 1.82) is 0 Å². The van der Waals surface area contributed by atoms with E-state index in [4.69, 9.17) is 0 Å². The number of ether oxygens (including phenoxy) is 1. The molecule has 2 rings (SSSR count). The van der Waals surface area contributed by atoms with Gasteiger partial charge in [-0.25, -0.2) is 4.79 Å². The van der Waals surface area contributed by atoms with Crippen molar-refractivity contribution < 1.29 is 14.3 Å². The molecule has 6 heteroatoms. The lowest BCUT2D eigenvalue weighted by atomic mass is 10.1. The van der Waals surface area contributed by atoms with Crippen LogP contribution >= 0.6 is 0 Å². The smallest absolute Gasteiger partial charge is 0.407 e. The van der Waals surface area contributed by atoms with Crippen LogP contribution in [-0.2, 0) is 16.1 Å². The molecular formula is C14H17N3O3. The van der Waals surface area contributed by atoms with Gasteiger partial charge in [-0.05, 0) is 24.6 Å². The van der Waals surface area contributed by atoms with Gasteiger partial charge in [-0.3, -0.25) is 4.79 Å². The van der Waals surface area contributed by atoms with Crippen LogP contribution in [0, 0.1) is 0 Å². The van der Waals surface area contributed by atoms with Crippen molar-refractivity contribution in [3.8, 4) is 0 Å². The van der Waals surface area contributed by atoms with Crippen LogP contribution in [0.1, 0.15) is 12.5 Å². The van der Waals surface area contributed by atoms with Gasteiger partial charge >= 0.3 is 6.09 Å². The molecule has 0 aliphatic heterocycles. The summed E-state index contributed by atoms with van der Waals surface area (Å²) >= 11 is 0. The average Bonchev–Trinajstić information content (AvgIpc) is 2.93. The molecule has 20 heavy (non-hydrogen) atoms. The lowest BCUT2D eigenvalue weighted by molar-refractivity contribution is -0.122. The van der Waals surface area contributed by atoms with Crippen LogP contribution in [0.25, 0.3) is 10.9 Å². The lowest BCUT2D eigenvalue weighted by Crippen LogP contribution is -2.44. The van der Waals surface area contributed by atoms with Crippen molar-refractivity contribution in [2.45, 2.75) is 19.5 Å². The van der Waals surface area contributed by atoms with Crippen molar-refractivity contribution >= 4 is 22.9 Å². The molecule has 1 aromatic heterocycles. The fourth-order valence-electron chi connectivity index (χ4n) is 1.94. The van der Waals surface area contributed by atoms with E-state index in [1.165, 1.54) is 7.11 Å². The molecule has 0 spiro atoms. The number of aromatic nitrogens is 1. The maximum absolute atomic E-state index is 11.9. The summed E-state index contributed by atoms with van der Waals surface area (Å²) in [6.45, 7) is 2.00. The number of amides is 2. The van der Waals surface area contributed by atoms with Crippen LogP contribution < -0.4 is 10.6 Å². The first-order valence-corrected chi connectivity index (χ1v) is 6.29. The summed E-state index contributed by atoms with van der Waals surface area (Å²) in [5.41, 5.74) is 2.04. The molecule has 0 radical (unpaired) electrons. The maximum atomic E-state index is 11.9. The third-order valence-corrected chi connectivity index (χ3v) is 3.05. The minimum atomic E-state index is -0.645. The highest BCUT2D eigenvalue weighted by Gasteiger charge is 2.15. The van der Waals surface area contributed by atoms with E-state index < -0.39 is 12.1 Å². The summed E-state index contributed by atoms with van der Waals surface area (Å²) in [4.78, 5) is 26.0. The molecular weight excluding hydrogens is 258 g/mol. The third-order valence-electron chi connectivity index (χ3n) is 3.05. The summed E-state index contributed by atoms with van der Waals surface area (Å²) in [5.74, 6) is -0.261. The van der Waals surface area contributed by atoms with Crippen molar-refractivity contribution in [2.75, 3.05) is 7.11 Å². The molecule has 6 nitrogen and oxygen atoms in total. The number of hydrogen-bond acceptors (Lipinski definition) is 3. The Hall–Kier alpha value is -2.50.